The van der Waals surface area contributed by atoms with Gasteiger partial charge in [-0.25, -0.2) is 5.10 Å². The second-order valence-electron chi connectivity index (χ2n) is 11.0. The molecule has 1 atom stereocenters. The van der Waals surface area contributed by atoms with Crippen molar-refractivity contribution in [2.75, 3.05) is 0 Å². The van der Waals surface area contributed by atoms with Gasteiger partial charge in [0, 0.05) is 34.1 Å². The van der Waals surface area contributed by atoms with E-state index >= 15 is 0 Å². The molecule has 0 bridgehead atoms. The molecule has 0 fully saturated rings. The van der Waals surface area contributed by atoms with Gasteiger partial charge in [-0.05, 0) is 66.4 Å². The predicted octanol–water partition coefficient (Wildman–Crippen LogP) is 5.46. The maximum absolute atomic E-state index is 13.5. The number of carbonyl (C=O) groups excluding carboxylic acids is 2. The Morgan fingerprint density at radius 2 is 1.82 bits per heavy atom. The number of aromatic amines is 1. The highest BCUT2D eigenvalue weighted by Crippen LogP contribution is 2.28. The van der Waals surface area contributed by atoms with E-state index < -0.39 is 12.0 Å². The van der Waals surface area contributed by atoms with E-state index in [-0.39, 0.29) is 24.1 Å². The topological polar surface area (TPSA) is 141 Å². The van der Waals surface area contributed by atoms with Crippen LogP contribution >= 0.6 is 11.6 Å². The van der Waals surface area contributed by atoms with Gasteiger partial charge >= 0.3 is 5.97 Å². The summed E-state index contributed by atoms with van der Waals surface area (Å²) in [6, 6.07) is 20.4. The molecule has 0 aliphatic heterocycles. The van der Waals surface area contributed by atoms with Crippen LogP contribution < -0.4 is 5.32 Å². The number of ether oxygens (including phenoxy) is 1. The van der Waals surface area contributed by atoms with Gasteiger partial charge in [0.05, 0.1) is 24.8 Å². The lowest BCUT2D eigenvalue weighted by Gasteiger charge is -2.19. The van der Waals surface area contributed by atoms with E-state index in [1.807, 2.05) is 65.5 Å². The van der Waals surface area contributed by atoms with Gasteiger partial charge in [-0.3, -0.25) is 19.3 Å². The van der Waals surface area contributed by atoms with Crippen molar-refractivity contribution >= 4 is 23.5 Å². The van der Waals surface area contributed by atoms with Crippen LogP contribution in [0.1, 0.15) is 60.9 Å². The van der Waals surface area contributed by atoms with E-state index in [1.54, 1.807) is 26.0 Å². The van der Waals surface area contributed by atoms with Crippen molar-refractivity contribution in [2.24, 2.45) is 0 Å². The molecular formula is C33H35ClN8O3. The first-order valence-corrected chi connectivity index (χ1v) is 15.3. The van der Waals surface area contributed by atoms with E-state index in [0.717, 1.165) is 46.5 Å². The van der Waals surface area contributed by atoms with Gasteiger partial charge in [0.15, 0.2) is 5.82 Å². The highest BCUT2D eigenvalue weighted by atomic mass is 35.5. The summed E-state index contributed by atoms with van der Waals surface area (Å²) < 4.78 is 7.19. The summed E-state index contributed by atoms with van der Waals surface area (Å²) in [5, 5.41) is 22.5. The summed E-state index contributed by atoms with van der Waals surface area (Å²) in [5.41, 5.74) is 5.49. The summed E-state index contributed by atoms with van der Waals surface area (Å²) in [7, 11) is 0. The smallest absolute Gasteiger partial charge is 0.308 e. The van der Waals surface area contributed by atoms with Crippen LogP contribution in [0.15, 0.2) is 72.9 Å². The number of rotatable bonds is 13. The number of amides is 1. The van der Waals surface area contributed by atoms with Crippen LogP contribution in [-0.2, 0) is 28.9 Å². The monoisotopic (exact) mass is 626 g/mol. The summed E-state index contributed by atoms with van der Waals surface area (Å²) in [4.78, 5) is 30.8. The molecule has 5 aromatic rings. The highest BCUT2D eigenvalue weighted by Gasteiger charge is 2.23. The molecule has 0 saturated heterocycles. The van der Waals surface area contributed by atoms with Crippen molar-refractivity contribution in [3.05, 3.63) is 100 Å². The second-order valence-corrected chi connectivity index (χ2v) is 11.4. The number of hydrogen-bond donors (Lipinski definition) is 2. The van der Waals surface area contributed by atoms with E-state index in [2.05, 4.69) is 38.0 Å². The van der Waals surface area contributed by atoms with Gasteiger partial charge < -0.3 is 10.1 Å². The number of nitrogens with zero attached hydrogens (tertiary/aromatic N) is 6. The first-order valence-electron chi connectivity index (χ1n) is 14.9. The molecule has 11 nitrogen and oxygen atoms in total. The molecule has 0 aliphatic rings. The fourth-order valence-electron chi connectivity index (χ4n) is 5.07. The van der Waals surface area contributed by atoms with Gasteiger partial charge in [-0.1, -0.05) is 73.5 Å². The molecule has 0 spiro atoms. The van der Waals surface area contributed by atoms with Gasteiger partial charge in [0.1, 0.15) is 5.69 Å². The molecule has 0 radical (unpaired) electrons. The number of pyridine rings is 1. The summed E-state index contributed by atoms with van der Waals surface area (Å²) in [6.45, 7) is 6.10. The maximum Gasteiger partial charge on any atom is 0.308 e. The quantitative estimate of drug-likeness (QED) is 0.164. The molecule has 0 saturated carbocycles. The minimum Gasteiger partial charge on any atom is -0.463 e. The van der Waals surface area contributed by atoms with Gasteiger partial charge in [0.2, 0.25) is 0 Å². The van der Waals surface area contributed by atoms with Crippen molar-refractivity contribution < 1.29 is 14.3 Å². The molecule has 3 aromatic heterocycles. The van der Waals surface area contributed by atoms with Crippen molar-refractivity contribution in [3.63, 3.8) is 0 Å². The van der Waals surface area contributed by atoms with Crippen LogP contribution in [-0.4, -0.2) is 59.4 Å². The number of aryl methyl sites for hydroxylation is 1. The first kappa shape index (κ1) is 31.5. The fourth-order valence-corrected chi connectivity index (χ4v) is 5.29. The number of hydrogen-bond acceptors (Lipinski definition) is 8. The Bertz CT molecular complexity index is 1740. The van der Waals surface area contributed by atoms with Crippen molar-refractivity contribution in [1.82, 2.24) is 40.7 Å². The van der Waals surface area contributed by atoms with Crippen molar-refractivity contribution in [2.45, 2.75) is 65.1 Å². The largest absolute Gasteiger partial charge is 0.463 e. The van der Waals surface area contributed by atoms with Crippen LogP contribution in [0.25, 0.3) is 22.6 Å². The minimum absolute atomic E-state index is 0.00572. The van der Waals surface area contributed by atoms with Gasteiger partial charge in [-0.15, -0.1) is 5.10 Å². The standard InChI is InChI=1S/C33H35ClN8O3/c1-4-9-25-18-30(33(44)36-24(17-31(43)45-21(2)3)16-23-10-5-8-13-28(23)34)39-42(25)20-22-14-15-29(35-19-22)26-11-6-7-12-27(26)32-37-40-41-38-32/h5-8,10-15,18-19,21,24H,4,9,16-17,20H2,1-3H3,(H,36,44)(H,37,38,40,41)/t24-/m1/s1. The SMILES string of the molecule is CCCc1cc(C(=O)N[C@@H](CC(=O)OC(C)C)Cc2ccccc2Cl)nn1Cc1ccc(-c2ccccc2-c2nnn[nH]2)nc1. The molecule has 3 heterocycles. The summed E-state index contributed by atoms with van der Waals surface area (Å²) >= 11 is 6.40. The third-order valence-corrected chi connectivity index (χ3v) is 7.47. The van der Waals surface area contributed by atoms with Crippen LogP contribution in [0, 0.1) is 0 Å². The molecular weight excluding hydrogens is 592 g/mol. The van der Waals surface area contributed by atoms with Crippen LogP contribution in [0.2, 0.25) is 5.02 Å². The molecule has 2 N–H and O–H groups in total. The minimum atomic E-state index is -0.532. The number of halogens is 1. The van der Waals surface area contributed by atoms with E-state index in [9.17, 15) is 9.59 Å². The van der Waals surface area contributed by atoms with Crippen LogP contribution in [0.5, 0.6) is 0 Å². The molecule has 2 aromatic carbocycles. The Labute approximate surface area is 266 Å². The predicted molar refractivity (Wildman–Crippen MR) is 170 cm³/mol. The van der Waals surface area contributed by atoms with Crippen molar-refractivity contribution in [3.8, 4) is 22.6 Å². The Hall–Kier alpha value is -4.90. The van der Waals surface area contributed by atoms with Crippen LogP contribution in [0.3, 0.4) is 0 Å². The molecule has 45 heavy (non-hydrogen) atoms. The Kier molecular flexibility index (Phi) is 10.3. The number of nitrogens with one attached hydrogen (secondary N) is 2. The molecule has 5 rings (SSSR count). The summed E-state index contributed by atoms with van der Waals surface area (Å²) in [6.07, 6.45) is 3.55. The second kappa shape index (κ2) is 14.7. The zero-order chi connectivity index (χ0) is 31.8. The number of H-pyrrole nitrogens is 1. The number of aromatic nitrogens is 7. The Morgan fingerprint density at radius 1 is 1.04 bits per heavy atom. The molecule has 232 valence electrons. The number of carbonyl (C=O) groups is 2. The molecule has 0 unspecified atom stereocenters. The average molecular weight is 627 g/mol. The third-order valence-electron chi connectivity index (χ3n) is 7.10. The first-order chi connectivity index (χ1) is 21.8. The third kappa shape index (κ3) is 8.18. The zero-order valence-corrected chi connectivity index (χ0v) is 26.2. The van der Waals surface area contributed by atoms with E-state index in [0.29, 0.717) is 23.8 Å². The Balaban J connectivity index is 1.33. The fraction of sp³-hybridized carbons (Fsp3) is 0.303. The van der Waals surface area contributed by atoms with Gasteiger partial charge in [0.25, 0.3) is 5.91 Å². The Morgan fingerprint density at radius 3 is 2.51 bits per heavy atom. The zero-order valence-electron chi connectivity index (χ0n) is 25.4. The molecule has 0 aliphatic carbocycles. The molecule has 12 heteroatoms. The van der Waals surface area contributed by atoms with Crippen molar-refractivity contribution in [1.29, 1.82) is 0 Å². The number of tetrazole rings is 1. The summed E-state index contributed by atoms with van der Waals surface area (Å²) in [5.74, 6) is -0.197. The lowest BCUT2D eigenvalue weighted by atomic mass is 10.0. The normalized spacial score (nSPS) is 11.8. The lowest BCUT2D eigenvalue weighted by Crippen LogP contribution is -2.39. The van der Waals surface area contributed by atoms with E-state index in [4.69, 9.17) is 21.3 Å². The highest BCUT2D eigenvalue weighted by molar-refractivity contribution is 6.31. The average Bonchev–Trinajstić information content (AvgIpc) is 3.69. The lowest BCUT2D eigenvalue weighted by molar-refractivity contribution is -0.147. The number of esters is 1. The van der Waals surface area contributed by atoms with E-state index in [1.165, 1.54) is 0 Å². The van der Waals surface area contributed by atoms with Crippen LogP contribution in [0.4, 0.5) is 0 Å². The van der Waals surface area contributed by atoms with Gasteiger partial charge in [-0.2, -0.15) is 5.10 Å². The maximum atomic E-state index is 13.5. The number of benzene rings is 2. The molecule has 1 amide bonds.